The van der Waals surface area contributed by atoms with Gasteiger partial charge in [0.05, 0.1) is 23.1 Å². The second-order valence-electron chi connectivity index (χ2n) is 7.06. The molecule has 25 heavy (non-hydrogen) atoms. The van der Waals surface area contributed by atoms with Crippen molar-refractivity contribution in [3.05, 3.63) is 47.3 Å². The molecule has 1 fully saturated rings. The molecule has 1 aliphatic rings. The Hall–Kier alpha value is -2.14. The Morgan fingerprint density at radius 1 is 1.20 bits per heavy atom. The third-order valence-corrected chi connectivity index (χ3v) is 5.48. The molecule has 5 nitrogen and oxygen atoms in total. The second kappa shape index (κ2) is 7.40. The number of nitrogens with one attached hydrogen (secondary N) is 1. The van der Waals surface area contributed by atoms with Crippen LogP contribution in [0.3, 0.4) is 0 Å². The van der Waals surface area contributed by atoms with E-state index in [0.717, 1.165) is 43.0 Å². The van der Waals surface area contributed by atoms with Crippen LogP contribution in [0.2, 0.25) is 0 Å². The summed E-state index contributed by atoms with van der Waals surface area (Å²) >= 11 is 0. The summed E-state index contributed by atoms with van der Waals surface area (Å²) in [6.45, 7) is 7.82. The van der Waals surface area contributed by atoms with Gasteiger partial charge in [-0.3, -0.25) is 14.4 Å². The van der Waals surface area contributed by atoms with Crippen LogP contribution in [0.4, 0.5) is 5.69 Å². The third kappa shape index (κ3) is 3.76. The molecule has 1 N–H and O–H groups in total. The Labute approximate surface area is 150 Å². The Bertz CT molecular complexity index is 730. The second-order valence-corrected chi connectivity index (χ2v) is 7.06. The summed E-state index contributed by atoms with van der Waals surface area (Å²) in [4.78, 5) is 15.0. The van der Waals surface area contributed by atoms with E-state index in [1.165, 1.54) is 5.56 Å². The van der Waals surface area contributed by atoms with E-state index in [1.807, 2.05) is 27.8 Å². The van der Waals surface area contributed by atoms with E-state index < -0.39 is 0 Å². The lowest BCUT2D eigenvalue weighted by Crippen LogP contribution is -2.45. The summed E-state index contributed by atoms with van der Waals surface area (Å²) in [5, 5.41) is 7.44. The predicted octanol–water partition coefficient (Wildman–Crippen LogP) is 3.24. The van der Waals surface area contributed by atoms with Crippen LogP contribution >= 0.6 is 0 Å². The third-order valence-electron chi connectivity index (χ3n) is 5.48. The van der Waals surface area contributed by atoms with Crippen LogP contribution in [-0.4, -0.2) is 39.7 Å². The van der Waals surface area contributed by atoms with Crippen LogP contribution < -0.4 is 5.32 Å². The summed E-state index contributed by atoms with van der Waals surface area (Å²) in [5.74, 6) is 0.660. The SMILES string of the molecule is Cc1nn(C)c(C)c1NC(=O)C(C)N1CCC(c2ccccc2)CC1. The average molecular weight is 340 g/mol. The Kier molecular flexibility index (Phi) is 5.23. The number of nitrogens with zero attached hydrogens (tertiary/aromatic N) is 3. The highest BCUT2D eigenvalue weighted by Gasteiger charge is 2.28. The lowest BCUT2D eigenvalue weighted by Gasteiger charge is -2.35. The fraction of sp³-hybridized carbons (Fsp3) is 0.500. The highest BCUT2D eigenvalue weighted by atomic mass is 16.2. The minimum atomic E-state index is -0.129. The molecular formula is C20H28N4O. The van der Waals surface area contributed by atoms with Crippen LogP contribution in [0.15, 0.2) is 30.3 Å². The largest absolute Gasteiger partial charge is 0.322 e. The molecule has 0 spiro atoms. The van der Waals surface area contributed by atoms with Crippen LogP contribution in [0.5, 0.6) is 0 Å². The first kappa shape index (κ1) is 17.7. The molecule has 1 aromatic carbocycles. The van der Waals surface area contributed by atoms with Crippen molar-refractivity contribution in [2.45, 2.75) is 45.6 Å². The van der Waals surface area contributed by atoms with Crippen LogP contribution in [0, 0.1) is 13.8 Å². The van der Waals surface area contributed by atoms with Crippen LogP contribution in [0.1, 0.15) is 42.6 Å². The van der Waals surface area contributed by atoms with Crippen molar-refractivity contribution >= 4 is 11.6 Å². The van der Waals surface area contributed by atoms with Gasteiger partial charge < -0.3 is 5.32 Å². The van der Waals surface area contributed by atoms with Crippen molar-refractivity contribution in [1.82, 2.24) is 14.7 Å². The lowest BCUT2D eigenvalue weighted by atomic mass is 9.89. The van der Waals surface area contributed by atoms with E-state index in [9.17, 15) is 4.79 Å². The maximum Gasteiger partial charge on any atom is 0.241 e. The molecule has 2 heterocycles. The fourth-order valence-electron chi connectivity index (χ4n) is 3.69. The monoisotopic (exact) mass is 340 g/mol. The van der Waals surface area contributed by atoms with Crippen molar-refractivity contribution in [2.75, 3.05) is 18.4 Å². The molecule has 2 aromatic rings. The van der Waals surface area contributed by atoms with Crippen molar-refractivity contribution < 1.29 is 4.79 Å². The molecule has 1 unspecified atom stereocenters. The Balaban J connectivity index is 1.58. The van der Waals surface area contributed by atoms with E-state index in [-0.39, 0.29) is 11.9 Å². The first-order valence-corrected chi connectivity index (χ1v) is 9.07. The number of amides is 1. The molecule has 134 valence electrons. The highest BCUT2D eigenvalue weighted by molar-refractivity contribution is 5.95. The van der Waals surface area contributed by atoms with Crippen LogP contribution in [-0.2, 0) is 11.8 Å². The molecule has 1 aliphatic heterocycles. The van der Waals surface area contributed by atoms with Gasteiger partial charge >= 0.3 is 0 Å². The maximum absolute atomic E-state index is 12.7. The number of rotatable bonds is 4. The van der Waals surface area contributed by atoms with E-state index in [4.69, 9.17) is 0 Å². The van der Waals surface area contributed by atoms with Crippen molar-refractivity contribution in [3.63, 3.8) is 0 Å². The van der Waals surface area contributed by atoms with E-state index in [1.54, 1.807) is 4.68 Å². The number of hydrogen-bond acceptors (Lipinski definition) is 3. The van der Waals surface area contributed by atoms with Gasteiger partial charge in [-0.25, -0.2) is 0 Å². The van der Waals surface area contributed by atoms with Gasteiger partial charge in [-0.1, -0.05) is 30.3 Å². The minimum absolute atomic E-state index is 0.0531. The van der Waals surface area contributed by atoms with E-state index >= 15 is 0 Å². The molecule has 0 saturated carbocycles. The molecule has 1 aromatic heterocycles. The topological polar surface area (TPSA) is 50.2 Å². The smallest absolute Gasteiger partial charge is 0.241 e. The summed E-state index contributed by atoms with van der Waals surface area (Å²) in [5.41, 5.74) is 4.11. The number of carbonyl (C=O) groups is 1. The Morgan fingerprint density at radius 2 is 1.84 bits per heavy atom. The number of anilines is 1. The number of likely N-dealkylation sites (tertiary alicyclic amines) is 1. The zero-order chi connectivity index (χ0) is 18.0. The molecule has 3 rings (SSSR count). The van der Waals surface area contributed by atoms with Gasteiger partial charge in [-0.05, 0) is 58.2 Å². The van der Waals surface area contributed by atoms with Gasteiger partial charge in [0.2, 0.25) is 5.91 Å². The molecular weight excluding hydrogens is 312 g/mol. The highest BCUT2D eigenvalue weighted by Crippen LogP contribution is 2.29. The standard InChI is InChI=1S/C20H28N4O/c1-14-19(15(2)23(4)22-14)21-20(25)16(3)24-12-10-18(11-13-24)17-8-6-5-7-9-17/h5-9,16,18H,10-13H2,1-4H3,(H,21,25). The van der Waals surface area contributed by atoms with Crippen molar-refractivity contribution in [2.24, 2.45) is 7.05 Å². The predicted molar refractivity (Wildman–Crippen MR) is 101 cm³/mol. The molecule has 0 radical (unpaired) electrons. The van der Waals surface area contributed by atoms with Gasteiger partial charge in [-0.15, -0.1) is 0 Å². The zero-order valence-corrected chi connectivity index (χ0v) is 15.6. The minimum Gasteiger partial charge on any atom is -0.322 e. The zero-order valence-electron chi connectivity index (χ0n) is 15.6. The molecule has 1 saturated heterocycles. The van der Waals surface area contributed by atoms with E-state index in [2.05, 4.69) is 45.6 Å². The fourth-order valence-corrected chi connectivity index (χ4v) is 3.69. The van der Waals surface area contributed by atoms with Gasteiger partial charge in [0.1, 0.15) is 0 Å². The quantitative estimate of drug-likeness (QED) is 0.929. The van der Waals surface area contributed by atoms with E-state index in [0.29, 0.717) is 5.92 Å². The summed E-state index contributed by atoms with van der Waals surface area (Å²) in [7, 11) is 1.90. The van der Waals surface area contributed by atoms with Gasteiger partial charge in [0, 0.05) is 7.05 Å². The summed E-state index contributed by atoms with van der Waals surface area (Å²) in [6.07, 6.45) is 2.21. The van der Waals surface area contributed by atoms with Crippen molar-refractivity contribution in [3.8, 4) is 0 Å². The van der Waals surface area contributed by atoms with Gasteiger partial charge in [-0.2, -0.15) is 5.10 Å². The lowest BCUT2D eigenvalue weighted by molar-refractivity contribution is -0.121. The molecule has 0 aliphatic carbocycles. The number of aromatic nitrogens is 2. The molecule has 0 bridgehead atoms. The summed E-state index contributed by atoms with van der Waals surface area (Å²) < 4.78 is 1.81. The first-order valence-electron chi connectivity index (χ1n) is 9.07. The Morgan fingerprint density at radius 3 is 2.40 bits per heavy atom. The average Bonchev–Trinajstić information content (AvgIpc) is 2.88. The molecule has 5 heteroatoms. The molecule has 1 atom stereocenters. The summed E-state index contributed by atoms with van der Waals surface area (Å²) in [6, 6.07) is 10.6. The number of hydrogen-bond donors (Lipinski definition) is 1. The maximum atomic E-state index is 12.7. The number of benzene rings is 1. The normalized spacial score (nSPS) is 17.4. The number of piperidine rings is 1. The van der Waals surface area contributed by atoms with Crippen molar-refractivity contribution in [1.29, 1.82) is 0 Å². The number of carbonyl (C=O) groups excluding carboxylic acids is 1. The number of aryl methyl sites for hydroxylation is 2. The van der Waals surface area contributed by atoms with Gasteiger partial charge in [0.25, 0.3) is 0 Å². The molecule has 1 amide bonds. The first-order chi connectivity index (χ1) is 12.0. The van der Waals surface area contributed by atoms with Gasteiger partial charge in [0.15, 0.2) is 0 Å². The van der Waals surface area contributed by atoms with Crippen LogP contribution in [0.25, 0.3) is 0 Å².